The van der Waals surface area contributed by atoms with Gasteiger partial charge in [0.2, 0.25) is 0 Å². The lowest BCUT2D eigenvalue weighted by Crippen LogP contribution is -2.26. The molecular weight excluding hydrogens is 300 g/mol. The van der Waals surface area contributed by atoms with E-state index < -0.39 is 0 Å². The molecule has 0 radical (unpaired) electrons. The number of aryl methyl sites for hydroxylation is 1. The van der Waals surface area contributed by atoms with Gasteiger partial charge in [-0.2, -0.15) is 0 Å². The van der Waals surface area contributed by atoms with Crippen molar-refractivity contribution in [2.24, 2.45) is 0 Å². The van der Waals surface area contributed by atoms with Gasteiger partial charge in [-0.3, -0.25) is 4.79 Å². The summed E-state index contributed by atoms with van der Waals surface area (Å²) in [6.45, 7) is 2.41. The number of nitrogens with zero attached hydrogens (tertiary/aromatic N) is 2. The number of amides is 1. The Morgan fingerprint density at radius 3 is 2.89 bits per heavy atom. The molecule has 0 aliphatic heterocycles. The van der Waals surface area contributed by atoms with Gasteiger partial charge in [0, 0.05) is 17.3 Å². The number of aromatic nitrogens is 1. The standard InChI is InChI=1S/C13H13ClN2OS2/c1-8-15-9(7-19-8)6-16(2)13(17)11-5-10(18)3-4-12(11)14/h3-5,7,18H,6H2,1-2H3. The van der Waals surface area contributed by atoms with Crippen molar-refractivity contribution < 1.29 is 4.79 Å². The Kier molecular flexibility index (Phi) is 4.50. The number of carbonyl (C=O) groups excluding carboxylic acids is 1. The molecule has 2 rings (SSSR count). The molecule has 0 saturated carbocycles. The monoisotopic (exact) mass is 312 g/mol. The number of thiazole rings is 1. The zero-order valence-electron chi connectivity index (χ0n) is 10.6. The number of rotatable bonds is 3. The zero-order chi connectivity index (χ0) is 14.0. The van der Waals surface area contributed by atoms with E-state index in [9.17, 15) is 4.79 Å². The number of thiol groups is 1. The second-order valence-corrected chi connectivity index (χ2v) is 6.17. The third-order valence-corrected chi connectivity index (χ3v) is 4.02. The van der Waals surface area contributed by atoms with E-state index in [2.05, 4.69) is 17.6 Å². The van der Waals surface area contributed by atoms with E-state index in [1.807, 2.05) is 12.3 Å². The largest absolute Gasteiger partial charge is 0.336 e. The van der Waals surface area contributed by atoms with E-state index in [4.69, 9.17) is 11.6 Å². The maximum absolute atomic E-state index is 12.3. The summed E-state index contributed by atoms with van der Waals surface area (Å²) in [5.41, 5.74) is 1.35. The van der Waals surface area contributed by atoms with Gasteiger partial charge in [0.25, 0.3) is 5.91 Å². The molecule has 2 aromatic rings. The lowest BCUT2D eigenvalue weighted by atomic mass is 10.2. The summed E-state index contributed by atoms with van der Waals surface area (Å²) in [7, 11) is 1.73. The van der Waals surface area contributed by atoms with E-state index in [1.54, 1.807) is 41.5 Å². The lowest BCUT2D eigenvalue weighted by Gasteiger charge is -2.17. The van der Waals surface area contributed by atoms with Crippen LogP contribution in [0.5, 0.6) is 0 Å². The summed E-state index contributed by atoms with van der Waals surface area (Å²) in [5.74, 6) is -0.133. The highest BCUT2D eigenvalue weighted by molar-refractivity contribution is 7.80. The summed E-state index contributed by atoms with van der Waals surface area (Å²) in [6, 6.07) is 5.11. The molecule has 0 spiro atoms. The highest BCUT2D eigenvalue weighted by Crippen LogP contribution is 2.21. The Balaban J connectivity index is 2.16. The molecule has 3 nitrogen and oxygen atoms in total. The predicted molar refractivity (Wildman–Crippen MR) is 81.4 cm³/mol. The van der Waals surface area contributed by atoms with Crippen LogP contribution < -0.4 is 0 Å². The molecule has 1 aromatic carbocycles. The number of halogens is 1. The summed E-state index contributed by atoms with van der Waals surface area (Å²) >= 11 is 11.8. The second kappa shape index (κ2) is 5.94. The van der Waals surface area contributed by atoms with Crippen LogP contribution in [0.25, 0.3) is 0 Å². The molecular formula is C13H13ClN2OS2. The maximum Gasteiger partial charge on any atom is 0.255 e. The third kappa shape index (κ3) is 3.49. The van der Waals surface area contributed by atoms with Crippen LogP contribution in [-0.4, -0.2) is 22.8 Å². The van der Waals surface area contributed by atoms with Crippen molar-refractivity contribution in [2.75, 3.05) is 7.05 Å². The lowest BCUT2D eigenvalue weighted by molar-refractivity contribution is 0.0783. The van der Waals surface area contributed by atoms with E-state index >= 15 is 0 Å². The molecule has 0 atom stereocenters. The molecule has 1 aromatic heterocycles. The smallest absolute Gasteiger partial charge is 0.255 e. The Morgan fingerprint density at radius 2 is 2.26 bits per heavy atom. The van der Waals surface area contributed by atoms with Crippen molar-refractivity contribution in [3.8, 4) is 0 Å². The van der Waals surface area contributed by atoms with Crippen molar-refractivity contribution in [3.05, 3.63) is 44.9 Å². The van der Waals surface area contributed by atoms with Gasteiger partial charge in [0.15, 0.2) is 0 Å². The summed E-state index contributed by atoms with van der Waals surface area (Å²) < 4.78 is 0. The molecule has 0 saturated heterocycles. The molecule has 0 unspecified atom stereocenters. The van der Waals surface area contributed by atoms with Crippen LogP contribution in [0.4, 0.5) is 0 Å². The molecule has 0 bridgehead atoms. The number of carbonyl (C=O) groups is 1. The Hall–Kier alpha value is -1.04. The van der Waals surface area contributed by atoms with Crippen molar-refractivity contribution in [1.82, 2.24) is 9.88 Å². The highest BCUT2D eigenvalue weighted by atomic mass is 35.5. The fourth-order valence-electron chi connectivity index (χ4n) is 1.68. The van der Waals surface area contributed by atoms with E-state index in [0.717, 1.165) is 10.7 Å². The van der Waals surface area contributed by atoms with Crippen LogP contribution in [-0.2, 0) is 6.54 Å². The van der Waals surface area contributed by atoms with Gasteiger partial charge < -0.3 is 4.90 Å². The second-order valence-electron chi connectivity index (χ2n) is 4.18. The van der Waals surface area contributed by atoms with Gasteiger partial charge in [-0.1, -0.05) is 11.6 Å². The summed E-state index contributed by atoms with van der Waals surface area (Å²) in [6.07, 6.45) is 0. The first-order valence-corrected chi connectivity index (χ1v) is 7.33. The van der Waals surface area contributed by atoms with Gasteiger partial charge >= 0.3 is 0 Å². The van der Waals surface area contributed by atoms with Crippen molar-refractivity contribution in [1.29, 1.82) is 0 Å². The predicted octanol–water partition coefficient (Wildman–Crippen LogP) is 3.67. The van der Waals surface area contributed by atoms with Gasteiger partial charge in [-0.25, -0.2) is 4.98 Å². The minimum Gasteiger partial charge on any atom is -0.336 e. The minimum atomic E-state index is -0.133. The summed E-state index contributed by atoms with van der Waals surface area (Å²) in [5, 5.41) is 3.38. The fourth-order valence-corrected chi connectivity index (χ4v) is 2.68. The first-order chi connectivity index (χ1) is 8.97. The van der Waals surface area contributed by atoms with Gasteiger partial charge in [-0.05, 0) is 25.1 Å². The molecule has 1 amide bonds. The van der Waals surface area contributed by atoms with Crippen molar-refractivity contribution in [2.45, 2.75) is 18.4 Å². The quantitative estimate of drug-likeness (QED) is 0.877. The molecule has 0 N–H and O–H groups in total. The van der Waals surface area contributed by atoms with Crippen LogP contribution >= 0.6 is 35.6 Å². The zero-order valence-corrected chi connectivity index (χ0v) is 13.0. The van der Waals surface area contributed by atoms with Crippen LogP contribution in [0.1, 0.15) is 21.1 Å². The highest BCUT2D eigenvalue weighted by Gasteiger charge is 2.16. The van der Waals surface area contributed by atoms with E-state index in [-0.39, 0.29) is 5.91 Å². The van der Waals surface area contributed by atoms with Crippen LogP contribution in [0.3, 0.4) is 0 Å². The number of hydrogen-bond donors (Lipinski definition) is 1. The Morgan fingerprint density at radius 1 is 1.53 bits per heavy atom. The van der Waals surface area contributed by atoms with E-state index in [1.165, 1.54) is 0 Å². The SMILES string of the molecule is Cc1nc(CN(C)C(=O)c2cc(S)ccc2Cl)cs1. The molecule has 100 valence electrons. The molecule has 1 heterocycles. The summed E-state index contributed by atoms with van der Waals surface area (Å²) in [4.78, 5) is 19.0. The first-order valence-electron chi connectivity index (χ1n) is 5.62. The molecule has 19 heavy (non-hydrogen) atoms. The fraction of sp³-hybridized carbons (Fsp3) is 0.231. The minimum absolute atomic E-state index is 0.133. The maximum atomic E-state index is 12.3. The Labute approximate surface area is 126 Å². The van der Waals surface area contributed by atoms with Gasteiger partial charge in [0.1, 0.15) is 0 Å². The number of hydrogen-bond acceptors (Lipinski definition) is 4. The van der Waals surface area contributed by atoms with Crippen molar-refractivity contribution >= 4 is 41.5 Å². The van der Waals surface area contributed by atoms with Gasteiger partial charge in [-0.15, -0.1) is 24.0 Å². The molecule has 6 heteroatoms. The number of benzene rings is 1. The topological polar surface area (TPSA) is 33.2 Å². The van der Waals surface area contributed by atoms with Crippen LogP contribution in [0.2, 0.25) is 5.02 Å². The molecule has 0 fully saturated rings. The average molecular weight is 313 g/mol. The first kappa shape index (κ1) is 14.4. The van der Waals surface area contributed by atoms with Crippen LogP contribution in [0.15, 0.2) is 28.5 Å². The normalized spacial score (nSPS) is 10.5. The van der Waals surface area contributed by atoms with Crippen molar-refractivity contribution in [3.63, 3.8) is 0 Å². The average Bonchev–Trinajstić information content (AvgIpc) is 2.77. The molecule has 0 aliphatic carbocycles. The van der Waals surface area contributed by atoms with Crippen LogP contribution in [0, 0.1) is 6.92 Å². The van der Waals surface area contributed by atoms with Gasteiger partial charge in [0.05, 0.1) is 27.8 Å². The third-order valence-electron chi connectivity index (χ3n) is 2.59. The van der Waals surface area contributed by atoms with E-state index in [0.29, 0.717) is 22.0 Å². The molecule has 0 aliphatic rings. The Bertz CT molecular complexity index is 612.